The normalized spacial score (nSPS) is 16.7. The molecule has 9 heteroatoms. The first-order valence-corrected chi connectivity index (χ1v) is 12.5. The molecule has 0 bridgehead atoms. The van der Waals surface area contributed by atoms with Crippen LogP contribution in [0.15, 0.2) is 53.4 Å². The highest BCUT2D eigenvalue weighted by Crippen LogP contribution is 2.27. The zero-order valence-corrected chi connectivity index (χ0v) is 19.9. The molecule has 0 saturated carbocycles. The summed E-state index contributed by atoms with van der Waals surface area (Å²) in [6.07, 6.45) is 2.91. The number of nitrogens with zero attached hydrogens (tertiary/aromatic N) is 1. The monoisotopic (exact) mass is 473 g/mol. The Labute approximate surface area is 195 Å². The van der Waals surface area contributed by atoms with E-state index in [1.807, 2.05) is 13.0 Å². The molecule has 1 atom stereocenters. The second kappa shape index (κ2) is 11.3. The number of ether oxygens (including phenoxy) is 1. The van der Waals surface area contributed by atoms with Crippen LogP contribution in [0.1, 0.15) is 36.8 Å². The molecule has 0 radical (unpaired) electrons. The van der Waals surface area contributed by atoms with Gasteiger partial charge in [-0.25, -0.2) is 8.42 Å². The molecule has 1 saturated heterocycles. The van der Waals surface area contributed by atoms with Gasteiger partial charge in [0, 0.05) is 25.7 Å². The van der Waals surface area contributed by atoms with Gasteiger partial charge in [-0.1, -0.05) is 36.2 Å². The van der Waals surface area contributed by atoms with E-state index in [2.05, 4.69) is 10.6 Å². The number of aryl methyl sites for hydroxylation is 1. The second-order valence-corrected chi connectivity index (χ2v) is 10.0. The van der Waals surface area contributed by atoms with Crippen LogP contribution < -0.4 is 15.4 Å². The van der Waals surface area contributed by atoms with E-state index in [9.17, 15) is 18.0 Å². The molecule has 1 aliphatic rings. The third-order valence-electron chi connectivity index (χ3n) is 5.76. The molecule has 2 aromatic carbocycles. The molecule has 1 heterocycles. The fraction of sp³-hybridized carbons (Fsp3) is 0.417. The number of amides is 2. The van der Waals surface area contributed by atoms with Gasteiger partial charge in [0.2, 0.25) is 10.0 Å². The van der Waals surface area contributed by atoms with Gasteiger partial charge >= 0.3 is 11.8 Å². The Balaban J connectivity index is 1.51. The highest BCUT2D eigenvalue weighted by Gasteiger charge is 2.33. The molecule has 178 valence electrons. The van der Waals surface area contributed by atoms with E-state index in [0.29, 0.717) is 18.7 Å². The number of sulfonamides is 1. The summed E-state index contributed by atoms with van der Waals surface area (Å²) >= 11 is 0. The Morgan fingerprint density at radius 1 is 1.06 bits per heavy atom. The van der Waals surface area contributed by atoms with Crippen molar-refractivity contribution in [2.75, 3.05) is 20.2 Å². The first kappa shape index (κ1) is 24.7. The predicted octanol–water partition coefficient (Wildman–Crippen LogP) is 2.37. The summed E-state index contributed by atoms with van der Waals surface area (Å²) in [5.41, 5.74) is 1.81. The van der Waals surface area contributed by atoms with Crippen LogP contribution in [0.5, 0.6) is 5.75 Å². The lowest BCUT2D eigenvalue weighted by atomic mass is 10.0. The summed E-state index contributed by atoms with van der Waals surface area (Å²) < 4.78 is 33.0. The lowest BCUT2D eigenvalue weighted by Crippen LogP contribution is -2.46. The zero-order valence-electron chi connectivity index (χ0n) is 19.0. The van der Waals surface area contributed by atoms with E-state index in [1.54, 1.807) is 49.6 Å². The number of hydrogen-bond donors (Lipinski definition) is 2. The third-order valence-corrected chi connectivity index (χ3v) is 7.72. The summed E-state index contributed by atoms with van der Waals surface area (Å²) in [5.74, 6) is -0.795. The SMILES string of the molecule is COc1cccc(CNC(=O)C(=O)NCC[C@@H]2CCCCN2S(=O)(=O)c2ccc(C)cc2)c1. The van der Waals surface area contributed by atoms with Crippen molar-refractivity contribution in [3.63, 3.8) is 0 Å². The maximum absolute atomic E-state index is 13.1. The standard InChI is InChI=1S/C24H31N3O5S/c1-18-9-11-22(12-10-18)33(30,31)27-15-4-3-7-20(27)13-14-25-23(28)24(29)26-17-19-6-5-8-21(16-19)32-2/h5-6,8-12,16,20H,3-4,7,13-15,17H2,1-2H3,(H,25,28)(H,26,29)/t20-/m0/s1. The number of piperidine rings is 1. The summed E-state index contributed by atoms with van der Waals surface area (Å²) in [6, 6.07) is 13.8. The van der Waals surface area contributed by atoms with Gasteiger partial charge in [-0.3, -0.25) is 9.59 Å². The van der Waals surface area contributed by atoms with Crippen molar-refractivity contribution in [1.29, 1.82) is 0 Å². The molecule has 0 spiro atoms. The Kier molecular flexibility index (Phi) is 8.46. The van der Waals surface area contributed by atoms with Gasteiger partial charge in [0.25, 0.3) is 0 Å². The molecule has 8 nitrogen and oxygen atoms in total. The Morgan fingerprint density at radius 3 is 2.52 bits per heavy atom. The minimum Gasteiger partial charge on any atom is -0.497 e. The molecule has 0 aliphatic carbocycles. The van der Waals surface area contributed by atoms with Crippen LogP contribution in [0.3, 0.4) is 0 Å². The van der Waals surface area contributed by atoms with Crippen molar-refractivity contribution in [1.82, 2.24) is 14.9 Å². The van der Waals surface area contributed by atoms with Crippen molar-refractivity contribution in [2.24, 2.45) is 0 Å². The fourth-order valence-electron chi connectivity index (χ4n) is 3.90. The van der Waals surface area contributed by atoms with Crippen molar-refractivity contribution < 1.29 is 22.7 Å². The van der Waals surface area contributed by atoms with E-state index in [0.717, 1.165) is 30.4 Å². The summed E-state index contributed by atoms with van der Waals surface area (Å²) in [7, 11) is -2.05. The van der Waals surface area contributed by atoms with E-state index in [-0.39, 0.29) is 24.0 Å². The highest BCUT2D eigenvalue weighted by atomic mass is 32.2. The highest BCUT2D eigenvalue weighted by molar-refractivity contribution is 7.89. The van der Waals surface area contributed by atoms with Crippen LogP contribution in [0.4, 0.5) is 0 Å². The van der Waals surface area contributed by atoms with Crippen LogP contribution in [0, 0.1) is 6.92 Å². The Hall–Kier alpha value is -2.91. The first-order valence-electron chi connectivity index (χ1n) is 11.1. The molecule has 3 rings (SSSR count). The molecule has 1 fully saturated rings. The van der Waals surface area contributed by atoms with Crippen LogP contribution in [0.2, 0.25) is 0 Å². The van der Waals surface area contributed by atoms with Crippen LogP contribution in [0.25, 0.3) is 0 Å². The van der Waals surface area contributed by atoms with Crippen molar-refractivity contribution >= 4 is 21.8 Å². The number of carbonyl (C=O) groups is 2. The van der Waals surface area contributed by atoms with Gasteiger partial charge in [-0.2, -0.15) is 4.31 Å². The average Bonchev–Trinajstić information content (AvgIpc) is 2.83. The number of hydrogen-bond acceptors (Lipinski definition) is 5. The minimum atomic E-state index is -3.61. The van der Waals surface area contributed by atoms with Crippen LogP contribution in [-0.4, -0.2) is 50.8 Å². The van der Waals surface area contributed by atoms with Crippen LogP contribution in [-0.2, 0) is 26.2 Å². The number of rotatable bonds is 8. The van der Waals surface area contributed by atoms with Gasteiger partial charge in [0.05, 0.1) is 12.0 Å². The Bertz CT molecular complexity index is 1070. The minimum absolute atomic E-state index is 0.203. The molecule has 1 aliphatic heterocycles. The number of methoxy groups -OCH3 is 1. The molecule has 0 unspecified atom stereocenters. The van der Waals surface area contributed by atoms with E-state index < -0.39 is 21.8 Å². The molecular weight excluding hydrogens is 442 g/mol. The number of nitrogens with one attached hydrogen (secondary N) is 2. The lowest BCUT2D eigenvalue weighted by molar-refractivity contribution is -0.139. The largest absolute Gasteiger partial charge is 0.497 e. The predicted molar refractivity (Wildman–Crippen MR) is 125 cm³/mol. The second-order valence-electron chi connectivity index (χ2n) is 8.16. The average molecular weight is 474 g/mol. The van der Waals surface area contributed by atoms with Crippen LogP contribution >= 0.6 is 0 Å². The topological polar surface area (TPSA) is 105 Å². The molecule has 2 amide bonds. The molecule has 2 aromatic rings. The van der Waals surface area contributed by atoms with Gasteiger partial charge in [0.15, 0.2) is 0 Å². The van der Waals surface area contributed by atoms with Gasteiger partial charge in [-0.15, -0.1) is 0 Å². The smallest absolute Gasteiger partial charge is 0.309 e. The quantitative estimate of drug-likeness (QED) is 0.573. The molecular formula is C24H31N3O5S. The molecule has 0 aromatic heterocycles. The fourth-order valence-corrected chi connectivity index (χ4v) is 5.63. The summed E-state index contributed by atoms with van der Waals surface area (Å²) in [6.45, 7) is 2.79. The summed E-state index contributed by atoms with van der Waals surface area (Å²) in [4.78, 5) is 24.6. The van der Waals surface area contributed by atoms with Crippen molar-refractivity contribution in [2.45, 2.75) is 50.1 Å². The number of carbonyl (C=O) groups excluding carboxylic acids is 2. The maximum Gasteiger partial charge on any atom is 0.309 e. The molecule has 2 N–H and O–H groups in total. The van der Waals surface area contributed by atoms with Gasteiger partial charge in [-0.05, 0) is 56.0 Å². The lowest BCUT2D eigenvalue weighted by Gasteiger charge is -2.34. The Morgan fingerprint density at radius 2 is 1.79 bits per heavy atom. The van der Waals surface area contributed by atoms with Gasteiger partial charge < -0.3 is 15.4 Å². The van der Waals surface area contributed by atoms with Crippen molar-refractivity contribution in [3.05, 3.63) is 59.7 Å². The van der Waals surface area contributed by atoms with Gasteiger partial charge in [0.1, 0.15) is 5.75 Å². The summed E-state index contributed by atoms with van der Waals surface area (Å²) in [5, 5.41) is 5.20. The number of benzene rings is 2. The first-order chi connectivity index (χ1) is 15.8. The third kappa shape index (κ3) is 6.55. The zero-order chi connectivity index (χ0) is 23.8. The molecule has 33 heavy (non-hydrogen) atoms. The van der Waals surface area contributed by atoms with E-state index in [1.165, 1.54) is 4.31 Å². The van der Waals surface area contributed by atoms with E-state index >= 15 is 0 Å². The van der Waals surface area contributed by atoms with E-state index in [4.69, 9.17) is 4.74 Å². The maximum atomic E-state index is 13.1. The van der Waals surface area contributed by atoms with Crippen molar-refractivity contribution in [3.8, 4) is 5.75 Å².